The van der Waals surface area contributed by atoms with Gasteiger partial charge in [-0.2, -0.15) is 0 Å². The predicted octanol–water partition coefficient (Wildman–Crippen LogP) is 1.10. The third-order valence-corrected chi connectivity index (χ3v) is 1.16. The topological polar surface area (TPSA) is 38.3 Å². The van der Waals surface area contributed by atoms with E-state index in [1.54, 1.807) is 6.08 Å². The van der Waals surface area contributed by atoms with Crippen molar-refractivity contribution in [3.05, 3.63) is 12.7 Å². The summed E-state index contributed by atoms with van der Waals surface area (Å²) in [7, 11) is 0. The molecular formula is C9H17NO2. The fourth-order valence-corrected chi connectivity index (χ4v) is 0.699. The zero-order valence-electron chi connectivity index (χ0n) is 7.80. The van der Waals surface area contributed by atoms with Crippen molar-refractivity contribution >= 4 is 5.97 Å². The molecule has 1 N–H and O–H groups in total. The minimum absolute atomic E-state index is 0.0290. The van der Waals surface area contributed by atoms with Crippen molar-refractivity contribution in [1.29, 1.82) is 0 Å². The Bertz CT molecular complexity index is 143. The van der Waals surface area contributed by atoms with Crippen molar-refractivity contribution in [1.82, 2.24) is 5.32 Å². The van der Waals surface area contributed by atoms with Gasteiger partial charge in [0, 0.05) is 0 Å². The van der Waals surface area contributed by atoms with E-state index in [-0.39, 0.29) is 18.6 Å². The highest BCUT2D eigenvalue weighted by molar-refractivity contribution is 5.71. The van der Waals surface area contributed by atoms with Gasteiger partial charge in [-0.1, -0.05) is 6.08 Å². The number of carbonyl (C=O) groups is 1. The van der Waals surface area contributed by atoms with Crippen molar-refractivity contribution < 1.29 is 9.53 Å². The van der Waals surface area contributed by atoms with E-state index in [2.05, 4.69) is 11.9 Å². The van der Waals surface area contributed by atoms with Crippen LogP contribution in [0.5, 0.6) is 0 Å². The van der Waals surface area contributed by atoms with Gasteiger partial charge in [-0.3, -0.25) is 4.79 Å². The molecule has 0 rings (SSSR count). The summed E-state index contributed by atoms with van der Waals surface area (Å²) in [5, 5.41) is 2.95. The van der Waals surface area contributed by atoms with E-state index in [1.807, 2.05) is 13.8 Å². The lowest BCUT2D eigenvalue weighted by Crippen LogP contribution is -2.27. The van der Waals surface area contributed by atoms with Crippen molar-refractivity contribution in [2.45, 2.75) is 26.4 Å². The van der Waals surface area contributed by atoms with Gasteiger partial charge in [-0.25, -0.2) is 0 Å². The monoisotopic (exact) mass is 171 g/mol. The Morgan fingerprint density at radius 3 is 2.83 bits per heavy atom. The highest BCUT2D eigenvalue weighted by Gasteiger charge is 2.02. The normalized spacial score (nSPS) is 9.92. The molecule has 0 radical (unpaired) electrons. The van der Waals surface area contributed by atoms with Crippen LogP contribution >= 0.6 is 0 Å². The third kappa shape index (κ3) is 7.28. The summed E-state index contributed by atoms with van der Waals surface area (Å²) in [4.78, 5) is 10.9. The second kappa shape index (κ2) is 6.85. The number of esters is 1. The molecule has 0 heterocycles. The van der Waals surface area contributed by atoms with Gasteiger partial charge >= 0.3 is 5.97 Å². The lowest BCUT2D eigenvalue weighted by molar-refractivity contribution is -0.146. The first-order chi connectivity index (χ1) is 5.66. The molecule has 0 aromatic rings. The van der Waals surface area contributed by atoms with Crippen molar-refractivity contribution in [2.75, 3.05) is 13.1 Å². The number of ether oxygens (including phenoxy) is 1. The molecule has 0 aromatic heterocycles. The molecule has 0 aliphatic carbocycles. The van der Waals surface area contributed by atoms with Gasteiger partial charge in [0.15, 0.2) is 0 Å². The van der Waals surface area contributed by atoms with Crippen LogP contribution in [0.15, 0.2) is 12.7 Å². The number of carbonyl (C=O) groups excluding carboxylic acids is 1. The standard InChI is InChI=1S/C9H17NO2/c1-4-5-6-10-7-9(11)12-8(2)3/h4,8,10H,1,5-7H2,2-3H3. The van der Waals surface area contributed by atoms with E-state index in [0.717, 1.165) is 13.0 Å². The first kappa shape index (κ1) is 11.2. The molecule has 0 spiro atoms. The number of hydrogen-bond acceptors (Lipinski definition) is 3. The molecule has 0 saturated carbocycles. The minimum atomic E-state index is -0.200. The molecule has 0 aromatic carbocycles. The Morgan fingerprint density at radius 2 is 2.33 bits per heavy atom. The summed E-state index contributed by atoms with van der Waals surface area (Å²) in [6.07, 6.45) is 2.65. The molecule has 0 atom stereocenters. The van der Waals surface area contributed by atoms with Gasteiger partial charge in [-0.05, 0) is 26.8 Å². The van der Waals surface area contributed by atoms with Crippen LogP contribution in [0.2, 0.25) is 0 Å². The predicted molar refractivity (Wildman–Crippen MR) is 48.9 cm³/mol. The maximum absolute atomic E-state index is 10.9. The van der Waals surface area contributed by atoms with Gasteiger partial charge in [0.25, 0.3) is 0 Å². The lowest BCUT2D eigenvalue weighted by atomic mass is 10.4. The number of rotatable bonds is 6. The van der Waals surface area contributed by atoms with Crippen LogP contribution in [-0.2, 0) is 9.53 Å². The van der Waals surface area contributed by atoms with E-state index in [0.29, 0.717) is 0 Å². The average molecular weight is 171 g/mol. The summed E-state index contributed by atoms with van der Waals surface area (Å²) in [5.41, 5.74) is 0. The molecule has 0 bridgehead atoms. The Hall–Kier alpha value is -0.830. The molecule has 0 fully saturated rings. The Balaban J connectivity index is 3.25. The van der Waals surface area contributed by atoms with E-state index < -0.39 is 0 Å². The van der Waals surface area contributed by atoms with Crippen LogP contribution in [0.4, 0.5) is 0 Å². The number of hydrogen-bond donors (Lipinski definition) is 1. The molecule has 12 heavy (non-hydrogen) atoms. The van der Waals surface area contributed by atoms with Gasteiger partial charge in [0.05, 0.1) is 12.6 Å². The van der Waals surface area contributed by atoms with E-state index in [9.17, 15) is 4.79 Å². The Morgan fingerprint density at radius 1 is 1.67 bits per heavy atom. The summed E-state index contributed by atoms with van der Waals surface area (Å²) in [6, 6.07) is 0. The Kier molecular flexibility index (Phi) is 6.38. The quantitative estimate of drug-likeness (QED) is 0.369. The SMILES string of the molecule is C=CCCNCC(=O)OC(C)C. The summed E-state index contributed by atoms with van der Waals surface area (Å²) in [6.45, 7) is 8.30. The van der Waals surface area contributed by atoms with Gasteiger partial charge < -0.3 is 10.1 Å². The summed E-state index contributed by atoms with van der Waals surface area (Å²) >= 11 is 0. The van der Waals surface area contributed by atoms with Gasteiger partial charge in [0.2, 0.25) is 0 Å². The zero-order valence-corrected chi connectivity index (χ0v) is 7.80. The van der Waals surface area contributed by atoms with Gasteiger partial charge in [0.1, 0.15) is 0 Å². The van der Waals surface area contributed by atoms with Crippen LogP contribution in [0, 0.1) is 0 Å². The van der Waals surface area contributed by atoms with Crippen LogP contribution < -0.4 is 5.32 Å². The molecule has 0 amide bonds. The summed E-state index contributed by atoms with van der Waals surface area (Å²) in [5.74, 6) is -0.200. The first-order valence-corrected chi connectivity index (χ1v) is 4.18. The third-order valence-electron chi connectivity index (χ3n) is 1.16. The lowest BCUT2D eigenvalue weighted by Gasteiger charge is -2.07. The Labute approximate surface area is 73.8 Å². The number of nitrogens with one attached hydrogen (secondary N) is 1. The second-order valence-electron chi connectivity index (χ2n) is 2.79. The molecule has 70 valence electrons. The van der Waals surface area contributed by atoms with Crippen LogP contribution in [-0.4, -0.2) is 25.2 Å². The first-order valence-electron chi connectivity index (χ1n) is 4.18. The molecule has 0 unspecified atom stereocenters. The fraction of sp³-hybridized carbons (Fsp3) is 0.667. The molecule has 3 heteroatoms. The van der Waals surface area contributed by atoms with E-state index in [1.165, 1.54) is 0 Å². The van der Waals surface area contributed by atoms with Crippen LogP contribution in [0.3, 0.4) is 0 Å². The molecule has 3 nitrogen and oxygen atoms in total. The zero-order chi connectivity index (χ0) is 9.40. The van der Waals surface area contributed by atoms with Crippen molar-refractivity contribution in [2.24, 2.45) is 0 Å². The summed E-state index contributed by atoms with van der Waals surface area (Å²) < 4.78 is 4.90. The average Bonchev–Trinajstić information content (AvgIpc) is 1.97. The van der Waals surface area contributed by atoms with Crippen molar-refractivity contribution in [3.8, 4) is 0 Å². The smallest absolute Gasteiger partial charge is 0.320 e. The molecular weight excluding hydrogens is 154 g/mol. The van der Waals surface area contributed by atoms with E-state index >= 15 is 0 Å². The second-order valence-corrected chi connectivity index (χ2v) is 2.79. The molecule has 0 aliphatic rings. The maximum Gasteiger partial charge on any atom is 0.320 e. The highest BCUT2D eigenvalue weighted by atomic mass is 16.5. The van der Waals surface area contributed by atoms with Gasteiger partial charge in [-0.15, -0.1) is 6.58 Å². The van der Waals surface area contributed by atoms with E-state index in [4.69, 9.17) is 4.74 Å². The molecule has 0 saturated heterocycles. The minimum Gasteiger partial charge on any atom is -0.462 e. The van der Waals surface area contributed by atoms with Crippen LogP contribution in [0.25, 0.3) is 0 Å². The molecule has 0 aliphatic heterocycles. The van der Waals surface area contributed by atoms with Crippen LogP contribution in [0.1, 0.15) is 20.3 Å². The van der Waals surface area contributed by atoms with Crippen molar-refractivity contribution in [3.63, 3.8) is 0 Å². The largest absolute Gasteiger partial charge is 0.462 e. The highest BCUT2D eigenvalue weighted by Crippen LogP contribution is 1.87. The fourth-order valence-electron chi connectivity index (χ4n) is 0.699. The maximum atomic E-state index is 10.9.